The Morgan fingerprint density at radius 3 is 1.73 bits per heavy atom. The molecule has 1 aromatic rings. The molecule has 0 aromatic carbocycles. The Labute approximate surface area is 65.8 Å². The molecule has 0 saturated heterocycles. The highest BCUT2D eigenvalue weighted by Crippen LogP contribution is 1.74. The molecule has 5 nitrogen and oxygen atoms in total. The summed E-state index contributed by atoms with van der Waals surface area (Å²) in [6.45, 7) is 1.74. The van der Waals surface area contributed by atoms with Crippen molar-refractivity contribution in [1.29, 1.82) is 0 Å². The molecule has 2 rings (SSSR count). The average Bonchev–Trinajstić information content (AvgIpc) is 2.64. The summed E-state index contributed by atoms with van der Waals surface area (Å²) in [6.07, 6.45) is 6.62. The van der Waals surface area contributed by atoms with Crippen LogP contribution in [0.15, 0.2) is 22.4 Å². The van der Waals surface area contributed by atoms with Crippen LogP contribution in [0.3, 0.4) is 0 Å². The van der Waals surface area contributed by atoms with Crippen molar-refractivity contribution in [3.8, 4) is 0 Å². The maximum absolute atomic E-state index is 3.90. The maximum atomic E-state index is 3.90. The molecule has 0 aliphatic carbocycles. The van der Waals surface area contributed by atoms with E-state index in [9.17, 15) is 0 Å². The van der Waals surface area contributed by atoms with Crippen molar-refractivity contribution in [2.75, 3.05) is 13.1 Å². The third-order valence-corrected chi connectivity index (χ3v) is 0.967. The molecule has 1 N–H and O–H groups in total. The minimum absolute atomic E-state index is 0. The second-order valence-electron chi connectivity index (χ2n) is 1.77. The van der Waals surface area contributed by atoms with Gasteiger partial charge in [-0.15, -0.1) is 0 Å². The summed E-state index contributed by atoms with van der Waals surface area (Å²) in [4.78, 5) is 7.81. The van der Waals surface area contributed by atoms with Crippen molar-refractivity contribution in [3.05, 3.63) is 12.4 Å². The van der Waals surface area contributed by atoms with Gasteiger partial charge >= 0.3 is 0 Å². The van der Waals surface area contributed by atoms with E-state index in [0.29, 0.717) is 0 Å². The number of H-pyrrole nitrogens is 1. The molecule has 11 heavy (non-hydrogen) atoms. The van der Waals surface area contributed by atoms with Gasteiger partial charge in [-0.05, 0) is 0 Å². The zero-order valence-corrected chi connectivity index (χ0v) is 6.01. The fourth-order valence-electron chi connectivity index (χ4n) is 0.525. The van der Waals surface area contributed by atoms with E-state index in [1.54, 1.807) is 24.8 Å². The number of hydrogen-bond acceptors (Lipinski definition) is 4. The summed E-state index contributed by atoms with van der Waals surface area (Å²) in [5.41, 5.74) is 0. The first-order chi connectivity index (χ1) is 5.50. The number of nitrogens with zero attached hydrogens (tertiary/aromatic N) is 4. The van der Waals surface area contributed by atoms with Crippen LogP contribution < -0.4 is 0 Å². The molecule has 60 valence electrons. The van der Waals surface area contributed by atoms with Crippen molar-refractivity contribution in [3.63, 3.8) is 0 Å². The molecule has 5 heteroatoms. The van der Waals surface area contributed by atoms with Crippen LogP contribution in [0.4, 0.5) is 0 Å². The summed E-state index contributed by atoms with van der Waals surface area (Å²) >= 11 is 0. The molecule has 0 spiro atoms. The zero-order chi connectivity index (χ0) is 7.78. The van der Waals surface area contributed by atoms with Crippen molar-refractivity contribution in [2.24, 2.45) is 9.98 Å². The molecule has 0 unspecified atom stereocenters. The van der Waals surface area contributed by atoms with E-state index in [1.165, 1.54) is 0 Å². The van der Waals surface area contributed by atoms with E-state index >= 15 is 0 Å². The molecular formula is C6H11N5. The van der Waals surface area contributed by atoms with E-state index in [2.05, 4.69) is 25.4 Å². The van der Waals surface area contributed by atoms with Crippen molar-refractivity contribution in [1.82, 2.24) is 15.4 Å². The van der Waals surface area contributed by atoms with Gasteiger partial charge in [0.25, 0.3) is 0 Å². The second-order valence-corrected chi connectivity index (χ2v) is 1.77. The van der Waals surface area contributed by atoms with Crippen LogP contribution in [0, 0.1) is 0 Å². The quantitative estimate of drug-likeness (QED) is 0.578. The topological polar surface area (TPSA) is 66.3 Å². The van der Waals surface area contributed by atoms with Gasteiger partial charge in [0.1, 0.15) is 0 Å². The van der Waals surface area contributed by atoms with Crippen LogP contribution in [0.2, 0.25) is 0 Å². The Hall–Kier alpha value is -1.52. The first-order valence-corrected chi connectivity index (χ1v) is 3.28. The zero-order valence-electron chi connectivity index (χ0n) is 6.01. The van der Waals surface area contributed by atoms with Crippen molar-refractivity contribution in [2.45, 2.75) is 0 Å². The van der Waals surface area contributed by atoms with Crippen LogP contribution in [-0.4, -0.2) is 40.9 Å². The average molecular weight is 153 g/mol. The third-order valence-electron chi connectivity index (χ3n) is 0.967. The largest absolute Gasteiger partial charge is 0.290 e. The summed E-state index contributed by atoms with van der Waals surface area (Å²) < 4.78 is 0. The summed E-state index contributed by atoms with van der Waals surface area (Å²) in [6, 6.07) is 0. The molecule has 0 bridgehead atoms. The number of hydrogen-bond donors (Lipinski definition) is 1. The number of aromatic nitrogens is 3. The Morgan fingerprint density at radius 2 is 1.55 bits per heavy atom. The van der Waals surface area contributed by atoms with E-state index < -0.39 is 0 Å². The van der Waals surface area contributed by atoms with Crippen molar-refractivity contribution < 1.29 is 1.43 Å². The molecule has 0 atom stereocenters. The fraction of sp³-hybridized carbons (Fsp3) is 0.333. The molecule has 1 aliphatic heterocycles. The minimum Gasteiger partial charge on any atom is -0.290 e. The predicted octanol–water partition coefficient (Wildman–Crippen LogP) is 0.192. The van der Waals surface area contributed by atoms with Gasteiger partial charge in [0, 0.05) is 13.9 Å². The van der Waals surface area contributed by atoms with E-state index in [0.717, 1.165) is 13.1 Å². The van der Waals surface area contributed by atoms with E-state index in [1.807, 2.05) is 0 Å². The lowest BCUT2D eigenvalue weighted by molar-refractivity contribution is 0.940. The number of aromatic amines is 1. The number of nitrogens with one attached hydrogen (secondary N) is 1. The number of rotatable bonds is 0. The first kappa shape index (κ1) is 7.59. The Morgan fingerprint density at radius 1 is 1.00 bits per heavy atom. The molecule has 1 aromatic heterocycles. The highest BCUT2D eigenvalue weighted by Gasteiger charge is 1.78. The molecule has 0 amide bonds. The highest BCUT2D eigenvalue weighted by atomic mass is 15.3. The van der Waals surface area contributed by atoms with Crippen LogP contribution in [0.25, 0.3) is 0 Å². The summed E-state index contributed by atoms with van der Waals surface area (Å²) in [7, 11) is 0. The molecular weight excluding hydrogens is 142 g/mol. The number of aliphatic imine (C=N–C) groups is 2. The molecule has 0 saturated carbocycles. The second kappa shape index (κ2) is 5.28. The van der Waals surface area contributed by atoms with Gasteiger partial charge in [-0.25, -0.2) is 0 Å². The van der Waals surface area contributed by atoms with Gasteiger partial charge in [0.2, 0.25) is 0 Å². The molecule has 1 aliphatic rings. The Balaban J connectivity index is 0.000000189. The van der Waals surface area contributed by atoms with Gasteiger partial charge < -0.3 is 0 Å². The van der Waals surface area contributed by atoms with Gasteiger partial charge in [0.05, 0.1) is 25.5 Å². The Kier molecular flexibility index (Phi) is 3.64. The smallest absolute Gasteiger partial charge is 0.0690 e. The Bertz CT molecular complexity index is 189. The molecule has 2 heterocycles. The van der Waals surface area contributed by atoms with Crippen LogP contribution in [0.5, 0.6) is 0 Å². The van der Waals surface area contributed by atoms with Crippen LogP contribution >= 0.6 is 0 Å². The normalized spacial score (nSPS) is 13.8. The van der Waals surface area contributed by atoms with Gasteiger partial charge in [-0.3, -0.25) is 9.98 Å². The molecule has 0 fully saturated rings. The SMILES string of the molecule is C1=NCCN=C1.[HH].c1cn[nH]n1. The standard InChI is InChI=1S/C4H6N2.C2H3N3.H2/c1-2-6-4-3-5-1;1-2-4-5-3-1;/h1-2H,3-4H2;1-2H,(H,3,4,5);1H. The van der Waals surface area contributed by atoms with E-state index in [4.69, 9.17) is 0 Å². The minimum atomic E-state index is 0. The fourth-order valence-corrected chi connectivity index (χ4v) is 0.525. The van der Waals surface area contributed by atoms with Gasteiger partial charge in [-0.2, -0.15) is 15.4 Å². The van der Waals surface area contributed by atoms with Gasteiger partial charge in [0.15, 0.2) is 0 Å². The predicted molar refractivity (Wildman–Crippen MR) is 45.2 cm³/mol. The maximum Gasteiger partial charge on any atom is 0.0690 e. The van der Waals surface area contributed by atoms with Crippen LogP contribution in [0.1, 0.15) is 1.43 Å². The summed E-state index contributed by atoms with van der Waals surface area (Å²) in [5, 5.41) is 9.33. The van der Waals surface area contributed by atoms with Crippen molar-refractivity contribution >= 4 is 12.4 Å². The third kappa shape index (κ3) is 3.96. The lowest BCUT2D eigenvalue weighted by Gasteiger charge is -1.89. The monoisotopic (exact) mass is 153 g/mol. The highest BCUT2D eigenvalue weighted by molar-refractivity contribution is 6.16. The summed E-state index contributed by atoms with van der Waals surface area (Å²) in [5.74, 6) is 0. The lowest BCUT2D eigenvalue weighted by Crippen LogP contribution is -1.94. The first-order valence-electron chi connectivity index (χ1n) is 3.28. The van der Waals surface area contributed by atoms with Gasteiger partial charge in [-0.1, -0.05) is 0 Å². The molecule has 0 radical (unpaired) electrons. The van der Waals surface area contributed by atoms with Crippen LogP contribution in [-0.2, 0) is 0 Å². The van der Waals surface area contributed by atoms with E-state index in [-0.39, 0.29) is 1.43 Å². The lowest BCUT2D eigenvalue weighted by atomic mass is 10.6.